The van der Waals surface area contributed by atoms with E-state index in [1.54, 1.807) is 0 Å². The predicted molar refractivity (Wildman–Crippen MR) is 60.0 cm³/mol. The Labute approximate surface area is 90.3 Å². The van der Waals surface area contributed by atoms with Crippen molar-refractivity contribution in [1.82, 2.24) is 4.90 Å². The van der Waals surface area contributed by atoms with Crippen LogP contribution in [0.4, 0.5) is 0 Å². The van der Waals surface area contributed by atoms with Gasteiger partial charge < -0.3 is 10.0 Å². The van der Waals surface area contributed by atoms with Gasteiger partial charge >= 0.3 is 5.97 Å². The van der Waals surface area contributed by atoms with Gasteiger partial charge in [0.05, 0.1) is 6.42 Å². The van der Waals surface area contributed by atoms with Crippen LogP contribution in [-0.2, 0) is 17.6 Å². The maximum atomic E-state index is 10.5. The monoisotopic (exact) mass is 207 g/mol. The second kappa shape index (κ2) is 5.51. The van der Waals surface area contributed by atoms with Gasteiger partial charge in [-0.05, 0) is 31.6 Å². The summed E-state index contributed by atoms with van der Waals surface area (Å²) in [5, 5.41) is 8.61. The smallest absolute Gasteiger partial charge is 0.307 e. The van der Waals surface area contributed by atoms with Crippen LogP contribution in [0.1, 0.15) is 11.1 Å². The fourth-order valence-corrected chi connectivity index (χ4v) is 1.35. The first kappa shape index (κ1) is 11.7. The molecule has 0 saturated heterocycles. The molecule has 1 aromatic carbocycles. The van der Waals surface area contributed by atoms with Crippen LogP contribution in [0.3, 0.4) is 0 Å². The quantitative estimate of drug-likeness (QED) is 0.793. The molecule has 0 aliphatic carbocycles. The Morgan fingerprint density at radius 2 is 1.73 bits per heavy atom. The molecule has 0 atom stereocenters. The number of rotatable bonds is 5. The minimum absolute atomic E-state index is 0.105. The van der Waals surface area contributed by atoms with Crippen LogP contribution >= 0.6 is 0 Å². The molecule has 1 rings (SSSR count). The van der Waals surface area contributed by atoms with Gasteiger partial charge in [-0.2, -0.15) is 0 Å². The van der Waals surface area contributed by atoms with Crippen LogP contribution < -0.4 is 0 Å². The molecule has 15 heavy (non-hydrogen) atoms. The number of aliphatic carboxylic acids is 1. The summed E-state index contributed by atoms with van der Waals surface area (Å²) in [5.41, 5.74) is 2.11. The molecule has 0 spiro atoms. The Bertz CT molecular complexity index is 317. The summed E-state index contributed by atoms with van der Waals surface area (Å²) < 4.78 is 0. The van der Waals surface area contributed by atoms with Gasteiger partial charge in [-0.1, -0.05) is 24.3 Å². The van der Waals surface area contributed by atoms with E-state index in [2.05, 4.69) is 4.90 Å². The van der Waals surface area contributed by atoms with Crippen LogP contribution in [0.5, 0.6) is 0 Å². The molecule has 0 aliphatic heterocycles. The number of hydrogen-bond acceptors (Lipinski definition) is 2. The number of likely N-dealkylation sites (N-methyl/N-ethyl adjacent to an activating group) is 1. The largest absolute Gasteiger partial charge is 0.481 e. The Morgan fingerprint density at radius 1 is 1.20 bits per heavy atom. The van der Waals surface area contributed by atoms with Gasteiger partial charge in [0.25, 0.3) is 0 Å². The Morgan fingerprint density at radius 3 is 2.20 bits per heavy atom. The lowest BCUT2D eigenvalue weighted by atomic mass is 10.1. The number of carbonyl (C=O) groups is 1. The summed E-state index contributed by atoms with van der Waals surface area (Å²) in [6, 6.07) is 7.78. The van der Waals surface area contributed by atoms with Crippen molar-refractivity contribution in [2.45, 2.75) is 12.8 Å². The second-order valence-electron chi connectivity index (χ2n) is 3.94. The van der Waals surface area contributed by atoms with Gasteiger partial charge in [0.15, 0.2) is 0 Å². The minimum atomic E-state index is -0.781. The molecule has 0 heterocycles. The number of nitrogens with zero attached hydrogens (tertiary/aromatic N) is 1. The van der Waals surface area contributed by atoms with E-state index in [9.17, 15) is 4.79 Å². The number of hydrogen-bond donors (Lipinski definition) is 1. The first-order valence-corrected chi connectivity index (χ1v) is 5.02. The molecular weight excluding hydrogens is 190 g/mol. The van der Waals surface area contributed by atoms with Gasteiger partial charge in [-0.25, -0.2) is 0 Å². The highest BCUT2D eigenvalue weighted by molar-refractivity contribution is 5.70. The van der Waals surface area contributed by atoms with Crippen molar-refractivity contribution < 1.29 is 9.90 Å². The van der Waals surface area contributed by atoms with Crippen LogP contribution in [0.25, 0.3) is 0 Å². The van der Waals surface area contributed by atoms with Crippen LogP contribution in [0.2, 0.25) is 0 Å². The highest BCUT2D eigenvalue weighted by Gasteiger charge is 2.00. The summed E-state index contributed by atoms with van der Waals surface area (Å²) in [6.07, 6.45) is 1.11. The van der Waals surface area contributed by atoms with E-state index in [1.165, 1.54) is 5.56 Å². The fourth-order valence-electron chi connectivity index (χ4n) is 1.35. The normalized spacial score (nSPS) is 10.6. The lowest BCUT2D eigenvalue weighted by Gasteiger charge is -2.09. The highest BCUT2D eigenvalue weighted by Crippen LogP contribution is 2.06. The van der Waals surface area contributed by atoms with E-state index in [0.29, 0.717) is 0 Å². The lowest BCUT2D eigenvalue weighted by molar-refractivity contribution is -0.136. The summed E-state index contributed by atoms with van der Waals surface area (Å²) in [6.45, 7) is 1.01. The third kappa shape index (κ3) is 4.61. The third-order valence-electron chi connectivity index (χ3n) is 2.23. The molecule has 0 bridgehead atoms. The van der Waals surface area contributed by atoms with Crippen LogP contribution in [-0.4, -0.2) is 36.6 Å². The SMILES string of the molecule is CN(C)CCc1ccc(CC(=O)O)cc1. The van der Waals surface area contributed by atoms with E-state index in [0.717, 1.165) is 18.5 Å². The molecule has 1 N–H and O–H groups in total. The molecule has 3 nitrogen and oxygen atoms in total. The number of benzene rings is 1. The van der Waals surface area contributed by atoms with Crippen molar-refractivity contribution in [2.75, 3.05) is 20.6 Å². The Kier molecular flexibility index (Phi) is 4.31. The van der Waals surface area contributed by atoms with Crippen molar-refractivity contribution in [1.29, 1.82) is 0 Å². The van der Waals surface area contributed by atoms with Gasteiger partial charge in [-0.3, -0.25) is 4.79 Å². The third-order valence-corrected chi connectivity index (χ3v) is 2.23. The van der Waals surface area contributed by atoms with Crippen molar-refractivity contribution in [3.8, 4) is 0 Å². The van der Waals surface area contributed by atoms with E-state index < -0.39 is 5.97 Å². The number of carboxylic acids is 1. The fraction of sp³-hybridized carbons (Fsp3) is 0.417. The summed E-state index contributed by atoms with van der Waals surface area (Å²) in [7, 11) is 4.08. The molecule has 0 saturated carbocycles. The van der Waals surface area contributed by atoms with Crippen molar-refractivity contribution in [3.63, 3.8) is 0 Å². The van der Waals surface area contributed by atoms with E-state index in [4.69, 9.17) is 5.11 Å². The molecule has 82 valence electrons. The predicted octanol–water partition coefficient (Wildman–Crippen LogP) is 1.42. The highest BCUT2D eigenvalue weighted by atomic mass is 16.4. The molecule has 0 fully saturated rings. The van der Waals surface area contributed by atoms with E-state index in [1.807, 2.05) is 38.4 Å². The molecule has 0 aromatic heterocycles. The summed E-state index contributed by atoms with van der Waals surface area (Å²) >= 11 is 0. The summed E-state index contributed by atoms with van der Waals surface area (Å²) in [5.74, 6) is -0.781. The lowest BCUT2D eigenvalue weighted by Crippen LogP contribution is -2.15. The van der Waals surface area contributed by atoms with Crippen LogP contribution in [0, 0.1) is 0 Å². The standard InChI is InChI=1S/C12H17NO2/c1-13(2)8-7-10-3-5-11(6-4-10)9-12(14)15/h3-6H,7-9H2,1-2H3,(H,14,15). The minimum Gasteiger partial charge on any atom is -0.481 e. The maximum absolute atomic E-state index is 10.5. The van der Waals surface area contributed by atoms with Gasteiger partial charge in [0, 0.05) is 6.54 Å². The van der Waals surface area contributed by atoms with Crippen LogP contribution in [0.15, 0.2) is 24.3 Å². The Hall–Kier alpha value is -1.35. The molecule has 1 aromatic rings. The topological polar surface area (TPSA) is 40.5 Å². The average molecular weight is 207 g/mol. The average Bonchev–Trinajstić information content (AvgIpc) is 2.16. The first-order chi connectivity index (χ1) is 7.08. The summed E-state index contributed by atoms with van der Waals surface area (Å²) in [4.78, 5) is 12.6. The van der Waals surface area contributed by atoms with Crippen molar-refractivity contribution >= 4 is 5.97 Å². The molecule has 0 aliphatic rings. The first-order valence-electron chi connectivity index (χ1n) is 5.02. The van der Waals surface area contributed by atoms with E-state index >= 15 is 0 Å². The van der Waals surface area contributed by atoms with Crippen molar-refractivity contribution in [3.05, 3.63) is 35.4 Å². The second-order valence-corrected chi connectivity index (χ2v) is 3.94. The molecular formula is C12H17NO2. The molecule has 0 unspecified atom stereocenters. The molecule has 3 heteroatoms. The van der Waals surface area contributed by atoms with Crippen molar-refractivity contribution in [2.24, 2.45) is 0 Å². The maximum Gasteiger partial charge on any atom is 0.307 e. The van der Waals surface area contributed by atoms with Gasteiger partial charge in [0.2, 0.25) is 0 Å². The Balaban J connectivity index is 2.52. The zero-order valence-electron chi connectivity index (χ0n) is 9.23. The molecule has 0 radical (unpaired) electrons. The number of carboxylic acid groups (broad SMARTS) is 1. The van der Waals surface area contributed by atoms with Gasteiger partial charge in [0.1, 0.15) is 0 Å². The zero-order chi connectivity index (χ0) is 11.3. The van der Waals surface area contributed by atoms with Gasteiger partial charge in [-0.15, -0.1) is 0 Å². The van der Waals surface area contributed by atoms with E-state index in [-0.39, 0.29) is 6.42 Å². The molecule has 0 amide bonds. The zero-order valence-corrected chi connectivity index (χ0v) is 9.23.